The molecule has 0 rings (SSSR count). The van der Waals surface area contributed by atoms with Gasteiger partial charge in [-0.2, -0.15) is 0 Å². The van der Waals surface area contributed by atoms with E-state index in [4.69, 9.17) is 4.74 Å². The molecule has 0 heterocycles. The van der Waals surface area contributed by atoms with Gasteiger partial charge in [0.25, 0.3) is 0 Å². The Hall–Kier alpha value is -3.48. The van der Waals surface area contributed by atoms with E-state index in [0.29, 0.717) is 19.3 Å². The number of carbonyl (C=O) groups is 2. The molecule has 63 heavy (non-hydrogen) atoms. The summed E-state index contributed by atoms with van der Waals surface area (Å²) in [6.45, 7) is 6.27. The first-order valence-electron chi connectivity index (χ1n) is 25.7. The van der Waals surface area contributed by atoms with Gasteiger partial charge in [0, 0.05) is 6.42 Å². The Balaban J connectivity index is 4.81. The van der Waals surface area contributed by atoms with E-state index in [1.54, 1.807) is 0 Å². The molecule has 1 amide bonds. The molecule has 0 aromatic carbocycles. The molecule has 3 unspecified atom stereocenters. The number of allylic oxidation sites excluding steroid dienone is 18. The molecule has 0 aromatic heterocycles. The zero-order chi connectivity index (χ0) is 45.9. The number of ether oxygens (including phenoxy) is 1. The largest absolute Gasteiger partial charge is 0.462 e. The van der Waals surface area contributed by atoms with Gasteiger partial charge < -0.3 is 20.3 Å². The quantitative estimate of drug-likeness (QED) is 0.0245. The van der Waals surface area contributed by atoms with Crippen molar-refractivity contribution < 1.29 is 24.5 Å². The Morgan fingerprint density at radius 3 is 1.49 bits per heavy atom. The molecule has 0 spiro atoms. The number of esters is 1. The third kappa shape index (κ3) is 44.9. The van der Waals surface area contributed by atoms with Crippen LogP contribution in [-0.4, -0.2) is 46.9 Å². The van der Waals surface area contributed by atoms with Gasteiger partial charge in [0.1, 0.15) is 6.10 Å². The Kier molecular flexibility index (Phi) is 46.8. The standard InChI is InChI=1S/C57H95NO5/c1-4-7-10-13-16-19-22-25-27-28-30-31-33-36-39-42-45-48-53(63-57(62)50-47-44-41-38-35-32-29-26-23-20-17-14-11-8-5-2)51-56(61)58-54(52-59)55(60)49-46-43-40-37-34-24-21-18-15-12-9-6-3/h8,11,14,16-17,19-20,23,25-27,29-32,35-36,39,53-55,59-60H,4-7,9-10,12-13,15,18,21-22,24,28,33-34,37-38,40-52H2,1-3H3,(H,58,61)/b11-8+,17-14+,19-16-,23-20-,27-25-,29-26-,31-30-,35-32+,39-36-. The van der Waals surface area contributed by atoms with Crippen molar-refractivity contribution in [1.29, 1.82) is 0 Å². The van der Waals surface area contributed by atoms with E-state index in [1.807, 2.05) is 42.5 Å². The van der Waals surface area contributed by atoms with Crippen LogP contribution in [0.4, 0.5) is 0 Å². The summed E-state index contributed by atoms with van der Waals surface area (Å²) in [6.07, 6.45) is 67.1. The lowest BCUT2D eigenvalue weighted by Crippen LogP contribution is -2.46. The van der Waals surface area contributed by atoms with E-state index in [0.717, 1.165) is 83.5 Å². The molecule has 6 heteroatoms. The van der Waals surface area contributed by atoms with Gasteiger partial charge in [0.05, 0.1) is 25.2 Å². The summed E-state index contributed by atoms with van der Waals surface area (Å²) < 4.78 is 5.88. The van der Waals surface area contributed by atoms with Crippen LogP contribution in [-0.2, 0) is 14.3 Å². The van der Waals surface area contributed by atoms with E-state index in [1.165, 1.54) is 83.5 Å². The highest BCUT2D eigenvalue weighted by atomic mass is 16.5. The lowest BCUT2D eigenvalue weighted by Gasteiger charge is -2.24. The van der Waals surface area contributed by atoms with Crippen molar-refractivity contribution in [2.75, 3.05) is 6.61 Å². The van der Waals surface area contributed by atoms with Crippen LogP contribution in [0.25, 0.3) is 0 Å². The smallest absolute Gasteiger partial charge is 0.306 e. The van der Waals surface area contributed by atoms with Crippen LogP contribution in [0.5, 0.6) is 0 Å². The average Bonchev–Trinajstić information content (AvgIpc) is 3.28. The Labute approximate surface area is 388 Å². The number of rotatable bonds is 44. The van der Waals surface area contributed by atoms with Gasteiger partial charge >= 0.3 is 5.97 Å². The molecule has 0 bridgehead atoms. The van der Waals surface area contributed by atoms with Gasteiger partial charge in [-0.25, -0.2) is 0 Å². The van der Waals surface area contributed by atoms with Crippen LogP contribution in [0.1, 0.15) is 213 Å². The maximum absolute atomic E-state index is 13.2. The van der Waals surface area contributed by atoms with Crippen LogP contribution < -0.4 is 5.32 Å². The summed E-state index contributed by atoms with van der Waals surface area (Å²) in [6, 6.07) is -0.735. The van der Waals surface area contributed by atoms with Gasteiger partial charge in [-0.1, -0.05) is 226 Å². The van der Waals surface area contributed by atoms with Crippen molar-refractivity contribution in [2.45, 2.75) is 232 Å². The molecule has 0 fully saturated rings. The third-order valence-electron chi connectivity index (χ3n) is 11.0. The maximum atomic E-state index is 13.2. The van der Waals surface area contributed by atoms with Crippen molar-refractivity contribution in [3.63, 3.8) is 0 Å². The molecule has 3 N–H and O–H groups in total. The van der Waals surface area contributed by atoms with Crippen molar-refractivity contribution in [1.82, 2.24) is 5.32 Å². The topological polar surface area (TPSA) is 95.9 Å². The zero-order valence-electron chi connectivity index (χ0n) is 40.7. The number of hydrogen-bond acceptors (Lipinski definition) is 5. The van der Waals surface area contributed by atoms with E-state index < -0.39 is 18.2 Å². The Morgan fingerprint density at radius 2 is 0.937 bits per heavy atom. The average molecular weight is 874 g/mol. The SMILES string of the molecule is CC/C=C/C=C/C=C\C=C/C=C/CCCCCC(=O)OC(CCC/C=C\C/C=C\C/C=C\C/C=C\CCCCC)CC(=O)NC(CO)C(O)CCCCCCCCCCCCCC. The van der Waals surface area contributed by atoms with Gasteiger partial charge in [-0.05, 0) is 83.5 Å². The minimum Gasteiger partial charge on any atom is -0.462 e. The Morgan fingerprint density at radius 1 is 0.492 bits per heavy atom. The fourth-order valence-corrected chi connectivity index (χ4v) is 7.09. The summed E-state index contributed by atoms with van der Waals surface area (Å²) >= 11 is 0. The summed E-state index contributed by atoms with van der Waals surface area (Å²) in [5, 5.41) is 23.7. The molecule has 0 radical (unpaired) electrons. The van der Waals surface area contributed by atoms with Crippen LogP contribution in [0.3, 0.4) is 0 Å². The van der Waals surface area contributed by atoms with Crippen molar-refractivity contribution >= 4 is 11.9 Å². The van der Waals surface area contributed by atoms with E-state index in [9.17, 15) is 19.8 Å². The number of carbonyl (C=O) groups excluding carboxylic acids is 2. The van der Waals surface area contributed by atoms with Gasteiger partial charge in [-0.15, -0.1) is 0 Å². The maximum Gasteiger partial charge on any atom is 0.306 e. The van der Waals surface area contributed by atoms with Crippen LogP contribution in [0, 0.1) is 0 Å². The summed E-state index contributed by atoms with van der Waals surface area (Å²) in [4.78, 5) is 26.1. The summed E-state index contributed by atoms with van der Waals surface area (Å²) in [5.41, 5.74) is 0. The van der Waals surface area contributed by atoms with E-state index >= 15 is 0 Å². The molecule has 0 aliphatic carbocycles. The monoisotopic (exact) mass is 874 g/mol. The molecule has 358 valence electrons. The number of aliphatic hydroxyl groups excluding tert-OH is 2. The lowest BCUT2D eigenvalue weighted by atomic mass is 10.0. The second kappa shape index (κ2) is 49.5. The molecule has 0 saturated carbocycles. The first-order valence-corrected chi connectivity index (χ1v) is 25.7. The number of unbranched alkanes of at least 4 members (excludes halogenated alkanes) is 18. The highest BCUT2D eigenvalue weighted by Gasteiger charge is 2.24. The van der Waals surface area contributed by atoms with E-state index in [-0.39, 0.29) is 24.9 Å². The van der Waals surface area contributed by atoms with Gasteiger partial charge in [0.2, 0.25) is 5.91 Å². The van der Waals surface area contributed by atoms with Gasteiger partial charge in [-0.3, -0.25) is 9.59 Å². The summed E-state index contributed by atoms with van der Waals surface area (Å²) in [7, 11) is 0. The molecular weight excluding hydrogens is 779 g/mol. The minimum atomic E-state index is -0.816. The molecule has 0 saturated heterocycles. The first kappa shape index (κ1) is 59.5. The normalized spacial score (nSPS) is 14.2. The lowest BCUT2D eigenvalue weighted by molar-refractivity contribution is -0.151. The number of hydrogen-bond donors (Lipinski definition) is 3. The highest BCUT2D eigenvalue weighted by molar-refractivity contribution is 5.77. The predicted molar refractivity (Wildman–Crippen MR) is 273 cm³/mol. The second-order valence-electron chi connectivity index (χ2n) is 17.0. The van der Waals surface area contributed by atoms with Crippen molar-refractivity contribution in [2.24, 2.45) is 0 Å². The number of aliphatic hydroxyl groups is 2. The van der Waals surface area contributed by atoms with Crippen LogP contribution in [0.2, 0.25) is 0 Å². The molecule has 6 nitrogen and oxygen atoms in total. The fourth-order valence-electron chi connectivity index (χ4n) is 7.09. The predicted octanol–water partition coefficient (Wildman–Crippen LogP) is 15.5. The zero-order valence-corrected chi connectivity index (χ0v) is 40.7. The minimum absolute atomic E-state index is 0.0157. The summed E-state index contributed by atoms with van der Waals surface area (Å²) in [5.74, 6) is -0.587. The number of nitrogens with one attached hydrogen (secondary N) is 1. The fraction of sp³-hybridized carbons (Fsp3) is 0.649. The van der Waals surface area contributed by atoms with Crippen molar-refractivity contribution in [3.8, 4) is 0 Å². The third-order valence-corrected chi connectivity index (χ3v) is 11.0. The molecular formula is C57H95NO5. The van der Waals surface area contributed by atoms with Crippen LogP contribution >= 0.6 is 0 Å². The Bertz CT molecular complexity index is 1300. The molecule has 0 aliphatic heterocycles. The van der Waals surface area contributed by atoms with Crippen LogP contribution in [0.15, 0.2) is 109 Å². The van der Waals surface area contributed by atoms with Crippen molar-refractivity contribution in [3.05, 3.63) is 109 Å². The molecule has 3 atom stereocenters. The molecule has 0 aromatic rings. The van der Waals surface area contributed by atoms with Gasteiger partial charge in [0.15, 0.2) is 0 Å². The highest BCUT2D eigenvalue weighted by Crippen LogP contribution is 2.16. The number of amides is 1. The first-order chi connectivity index (χ1) is 31.0. The second-order valence-corrected chi connectivity index (χ2v) is 17.0. The van der Waals surface area contributed by atoms with E-state index in [2.05, 4.69) is 92.9 Å². The molecule has 0 aliphatic rings.